The molecule has 3 N–H and O–H groups in total. The monoisotopic (exact) mass is 551 g/mol. The molecule has 7 atom stereocenters. The van der Waals surface area contributed by atoms with E-state index in [4.69, 9.17) is 11.6 Å². The molecule has 14 heteroatoms. The van der Waals surface area contributed by atoms with Crippen LogP contribution in [0.15, 0.2) is 0 Å². The van der Waals surface area contributed by atoms with Crippen LogP contribution >= 0.6 is 11.6 Å². The summed E-state index contributed by atoms with van der Waals surface area (Å²) in [5.41, 5.74) is -0.456. The number of carbonyl (C=O) groups excluding carboxylic acids is 5. The van der Waals surface area contributed by atoms with Gasteiger partial charge < -0.3 is 15.5 Å². The van der Waals surface area contributed by atoms with E-state index in [-0.39, 0.29) is 36.2 Å². The van der Waals surface area contributed by atoms with Crippen molar-refractivity contribution >= 4 is 41.1 Å². The van der Waals surface area contributed by atoms with E-state index < -0.39 is 59.6 Å². The number of hydrazine groups is 1. The Morgan fingerprint density at radius 2 is 1.89 bits per heavy atom. The number of nitrogens with one attached hydrogen (secondary N) is 3. The van der Waals surface area contributed by atoms with E-state index in [0.29, 0.717) is 24.4 Å². The highest BCUT2D eigenvalue weighted by Crippen LogP contribution is 2.65. The topological polar surface area (TPSA) is 128 Å². The summed E-state index contributed by atoms with van der Waals surface area (Å²) in [5, 5.41) is 5.34. The van der Waals surface area contributed by atoms with Gasteiger partial charge in [0.25, 0.3) is 23.4 Å². The van der Waals surface area contributed by atoms with Crippen molar-refractivity contribution < 1.29 is 37.1 Å². The zero-order chi connectivity index (χ0) is 27.8. The maximum atomic E-state index is 13.7. The minimum atomic E-state index is -3.32. The molecule has 0 radical (unpaired) electrons. The van der Waals surface area contributed by atoms with Gasteiger partial charge in [-0.25, -0.2) is 9.40 Å². The lowest BCUT2D eigenvalue weighted by Gasteiger charge is -2.36. The molecule has 1 aliphatic carbocycles. The standard InChI is InChI=1S/C23H33ClF3N5O5/c1-5-10(2)14(29-20(35)17(26)27)21(36)31-9-12-13(23(12,3)4)15(31)19(34)30-32(22(37)16(24)25)8-11-6-7-28-18(11)33/h10-17H,5-9H2,1-4H3,(H,28,33)(H,29,35)(H,30,34)/t10-,11-,12-,13-,14-,15-,16-/m0/s1. The van der Waals surface area contributed by atoms with Crippen molar-refractivity contribution in [3.8, 4) is 0 Å². The summed E-state index contributed by atoms with van der Waals surface area (Å²) in [7, 11) is 0. The third-order valence-corrected chi connectivity index (χ3v) is 8.19. The van der Waals surface area contributed by atoms with E-state index in [1.807, 2.05) is 13.8 Å². The van der Waals surface area contributed by atoms with E-state index in [1.54, 1.807) is 13.8 Å². The Bertz CT molecular complexity index is 952. The molecule has 2 saturated heterocycles. The molecule has 208 valence electrons. The van der Waals surface area contributed by atoms with Gasteiger partial charge in [0.2, 0.25) is 11.8 Å². The predicted molar refractivity (Wildman–Crippen MR) is 125 cm³/mol. The van der Waals surface area contributed by atoms with E-state index in [9.17, 15) is 37.1 Å². The minimum absolute atomic E-state index is 0.0812. The third-order valence-electron chi connectivity index (χ3n) is 8.00. The average Bonchev–Trinajstić information content (AvgIpc) is 3.19. The zero-order valence-corrected chi connectivity index (χ0v) is 21.9. The highest BCUT2D eigenvalue weighted by Gasteiger charge is 2.69. The SMILES string of the molecule is CC[C@H](C)[C@H](NC(=O)C(F)F)C(=O)N1C[C@H]2[C@@H]([C@H]1C(=O)NN(C[C@@H]1CCNC1=O)C(=O)[C@H](F)Cl)C2(C)C. The molecule has 1 saturated carbocycles. The van der Waals surface area contributed by atoms with Crippen LogP contribution in [0.5, 0.6) is 0 Å². The Morgan fingerprint density at radius 1 is 1.24 bits per heavy atom. The Hall–Kier alpha value is -2.57. The van der Waals surface area contributed by atoms with Crippen LogP contribution in [0.25, 0.3) is 0 Å². The van der Waals surface area contributed by atoms with E-state index in [2.05, 4.69) is 16.1 Å². The number of hydrogen-bond donors (Lipinski definition) is 3. The van der Waals surface area contributed by atoms with Gasteiger partial charge >= 0.3 is 6.43 Å². The van der Waals surface area contributed by atoms with Crippen LogP contribution in [-0.4, -0.2) is 83.2 Å². The van der Waals surface area contributed by atoms with Gasteiger partial charge in [-0.05, 0) is 29.6 Å². The van der Waals surface area contributed by atoms with Gasteiger partial charge in [-0.3, -0.25) is 29.4 Å². The molecule has 0 unspecified atom stereocenters. The second kappa shape index (κ2) is 11.0. The normalized spacial score (nSPS) is 28.1. The fourth-order valence-corrected chi connectivity index (χ4v) is 5.56. The summed E-state index contributed by atoms with van der Waals surface area (Å²) in [5.74, 6) is -6.29. The Morgan fingerprint density at radius 3 is 2.41 bits per heavy atom. The Balaban J connectivity index is 1.85. The molecule has 0 aromatic rings. The molecule has 0 bridgehead atoms. The number of fused-ring (bicyclic) bond motifs is 1. The quantitative estimate of drug-likeness (QED) is 0.288. The molecule has 0 spiro atoms. The maximum absolute atomic E-state index is 13.7. The number of likely N-dealkylation sites (tertiary alicyclic amines) is 1. The smallest absolute Gasteiger partial charge is 0.315 e. The van der Waals surface area contributed by atoms with Crippen molar-refractivity contribution in [1.29, 1.82) is 0 Å². The fraction of sp³-hybridized carbons (Fsp3) is 0.783. The first-order valence-electron chi connectivity index (χ1n) is 12.3. The first-order valence-corrected chi connectivity index (χ1v) is 12.7. The van der Waals surface area contributed by atoms with Gasteiger partial charge in [0.05, 0.1) is 12.5 Å². The van der Waals surface area contributed by atoms with Gasteiger partial charge in [0, 0.05) is 13.1 Å². The second-order valence-electron chi connectivity index (χ2n) is 10.6. The van der Waals surface area contributed by atoms with Gasteiger partial charge in [0.1, 0.15) is 12.1 Å². The summed E-state index contributed by atoms with van der Waals surface area (Å²) in [6.07, 6.45) is -2.56. The van der Waals surface area contributed by atoms with Crippen LogP contribution in [0.3, 0.4) is 0 Å². The number of carbonyl (C=O) groups is 5. The highest BCUT2D eigenvalue weighted by molar-refractivity contribution is 6.29. The van der Waals surface area contributed by atoms with Crippen LogP contribution in [0, 0.1) is 29.1 Å². The molecule has 3 aliphatic rings. The number of hydrogen-bond acceptors (Lipinski definition) is 5. The first kappa shape index (κ1) is 29.0. The largest absolute Gasteiger partial charge is 0.356 e. The van der Waals surface area contributed by atoms with Gasteiger partial charge in [-0.2, -0.15) is 8.78 Å². The van der Waals surface area contributed by atoms with E-state index in [1.165, 1.54) is 4.90 Å². The lowest BCUT2D eigenvalue weighted by Crippen LogP contribution is -2.60. The molecular weight excluding hydrogens is 519 g/mol. The molecule has 0 aromatic carbocycles. The van der Waals surface area contributed by atoms with Crippen LogP contribution in [-0.2, 0) is 24.0 Å². The molecule has 2 heterocycles. The summed E-state index contributed by atoms with van der Waals surface area (Å²) < 4.78 is 39.6. The molecule has 3 fully saturated rings. The van der Waals surface area contributed by atoms with Gasteiger partial charge in [-0.1, -0.05) is 45.7 Å². The number of alkyl halides is 4. The highest BCUT2D eigenvalue weighted by atomic mass is 35.5. The summed E-state index contributed by atoms with van der Waals surface area (Å²) in [6, 6.07) is -2.40. The predicted octanol–water partition coefficient (Wildman–Crippen LogP) is 0.796. The summed E-state index contributed by atoms with van der Waals surface area (Å²) in [4.78, 5) is 64.4. The first-order chi connectivity index (χ1) is 17.2. The number of nitrogens with zero attached hydrogens (tertiary/aromatic N) is 2. The van der Waals surface area contributed by atoms with Crippen molar-refractivity contribution in [2.75, 3.05) is 19.6 Å². The van der Waals surface area contributed by atoms with Crippen LogP contribution in [0.2, 0.25) is 0 Å². The molecule has 0 aromatic heterocycles. The van der Waals surface area contributed by atoms with Gasteiger partial charge in [-0.15, -0.1) is 0 Å². The van der Waals surface area contributed by atoms with Crippen molar-refractivity contribution in [3.05, 3.63) is 0 Å². The Labute approximate surface area is 217 Å². The fourth-order valence-electron chi connectivity index (χ4n) is 5.44. The number of halogens is 4. The molecule has 2 aliphatic heterocycles. The second-order valence-corrected chi connectivity index (χ2v) is 10.9. The van der Waals surface area contributed by atoms with Crippen molar-refractivity contribution in [1.82, 2.24) is 26.0 Å². The zero-order valence-electron chi connectivity index (χ0n) is 21.1. The molecule has 37 heavy (non-hydrogen) atoms. The van der Waals surface area contributed by atoms with Crippen LogP contribution in [0.4, 0.5) is 13.2 Å². The van der Waals surface area contributed by atoms with Crippen molar-refractivity contribution in [2.45, 2.75) is 64.7 Å². The van der Waals surface area contributed by atoms with Crippen LogP contribution in [0.1, 0.15) is 40.5 Å². The molecule has 5 amide bonds. The van der Waals surface area contributed by atoms with Gasteiger partial charge in [0.15, 0.2) is 0 Å². The average molecular weight is 552 g/mol. The van der Waals surface area contributed by atoms with Crippen molar-refractivity contribution in [2.24, 2.45) is 29.1 Å². The van der Waals surface area contributed by atoms with E-state index in [0.717, 1.165) is 0 Å². The maximum Gasteiger partial charge on any atom is 0.315 e. The summed E-state index contributed by atoms with van der Waals surface area (Å²) >= 11 is 5.34. The molecular formula is C23H33ClF3N5O5. The molecule has 3 rings (SSSR count). The Kier molecular flexibility index (Phi) is 8.65. The van der Waals surface area contributed by atoms with Crippen LogP contribution < -0.4 is 16.1 Å². The summed E-state index contributed by atoms with van der Waals surface area (Å²) in [6.45, 7) is 7.38. The number of rotatable bonds is 9. The number of amides is 5. The number of piperidine rings is 1. The lowest BCUT2D eigenvalue weighted by atomic mass is 9.95. The van der Waals surface area contributed by atoms with E-state index >= 15 is 0 Å². The lowest BCUT2D eigenvalue weighted by molar-refractivity contribution is -0.151. The van der Waals surface area contributed by atoms with Crippen molar-refractivity contribution in [3.63, 3.8) is 0 Å². The third kappa shape index (κ3) is 5.80. The molecule has 10 nitrogen and oxygen atoms in total. The minimum Gasteiger partial charge on any atom is -0.356 e.